The molecule has 0 radical (unpaired) electrons. The van der Waals surface area contributed by atoms with Gasteiger partial charge in [0.15, 0.2) is 0 Å². The molecule has 6 atom stereocenters. The highest BCUT2D eigenvalue weighted by atomic mass is 35.5. The normalized spacial score (nSPS) is 27.7. The van der Waals surface area contributed by atoms with Crippen LogP contribution in [0.4, 0.5) is 8.78 Å². The van der Waals surface area contributed by atoms with Crippen LogP contribution in [0.2, 0.25) is 10.0 Å². The van der Waals surface area contributed by atoms with Crippen LogP contribution in [-0.2, 0) is 19.7 Å². The van der Waals surface area contributed by atoms with Crippen molar-refractivity contribution in [2.45, 2.75) is 76.3 Å². The van der Waals surface area contributed by atoms with Gasteiger partial charge in [-0.3, -0.25) is 9.59 Å². The number of ether oxygens (including phenoxy) is 1. The standard InChI is InChI=1S/C32H37Cl2F2N3O3/c1-31(2,3)15-25-32(17-37,22-13-12-19(33)14-24(22)35)26(21-10-7-11-23(34)27(21)36)28(39-25)29(40)38-16-18-8-5-6-9-20(18)30(41)42-4/h7,10-14,18,20,25-26,28,39H,5-6,8-9,15-16H2,1-4H3,(H,38,40)/t18?,20?,25-,26-,28+,32-/m0/s1. The van der Waals surface area contributed by atoms with Crippen molar-refractivity contribution in [3.05, 3.63) is 69.2 Å². The first kappa shape index (κ1) is 32.2. The summed E-state index contributed by atoms with van der Waals surface area (Å²) in [6.07, 6.45) is 3.61. The summed E-state index contributed by atoms with van der Waals surface area (Å²) >= 11 is 12.3. The van der Waals surface area contributed by atoms with Crippen LogP contribution in [0.1, 0.15) is 69.9 Å². The molecule has 2 aliphatic rings. The number of carbonyl (C=O) groups excluding carboxylic acids is 2. The molecule has 0 aromatic heterocycles. The Kier molecular flexibility index (Phi) is 9.86. The summed E-state index contributed by atoms with van der Waals surface area (Å²) in [6, 6.07) is 8.97. The number of nitrogens with one attached hydrogen (secondary N) is 2. The van der Waals surface area contributed by atoms with Crippen LogP contribution < -0.4 is 10.6 Å². The molecule has 6 nitrogen and oxygen atoms in total. The molecule has 1 aliphatic carbocycles. The van der Waals surface area contributed by atoms with E-state index >= 15 is 8.78 Å². The number of amides is 1. The molecular formula is C32H37Cl2F2N3O3. The molecule has 2 aromatic rings. The van der Waals surface area contributed by atoms with E-state index in [-0.39, 0.29) is 50.9 Å². The highest BCUT2D eigenvalue weighted by molar-refractivity contribution is 6.31. The molecule has 1 saturated carbocycles. The Morgan fingerprint density at radius 3 is 2.52 bits per heavy atom. The number of halogens is 4. The van der Waals surface area contributed by atoms with E-state index in [4.69, 9.17) is 27.9 Å². The summed E-state index contributed by atoms with van der Waals surface area (Å²) in [6.45, 7) is 6.15. The largest absolute Gasteiger partial charge is 0.469 e. The van der Waals surface area contributed by atoms with Gasteiger partial charge in [-0.1, -0.05) is 75.0 Å². The highest BCUT2D eigenvalue weighted by Crippen LogP contribution is 2.52. The summed E-state index contributed by atoms with van der Waals surface area (Å²) in [5.41, 5.74) is -1.99. The van der Waals surface area contributed by atoms with Crippen molar-refractivity contribution in [3.8, 4) is 6.07 Å². The number of methoxy groups -OCH3 is 1. The summed E-state index contributed by atoms with van der Waals surface area (Å²) in [5.74, 6) is -3.88. The SMILES string of the molecule is COC(=O)C1CCCCC1CNC(=O)[C@@H]1N[C@@H](CC(C)(C)C)[C@](C#N)(c2ccc(Cl)cc2F)[C@H]1c1cccc(Cl)c1F. The van der Waals surface area contributed by atoms with Gasteiger partial charge in [0.05, 0.1) is 30.2 Å². The Hall–Kier alpha value is -2.73. The summed E-state index contributed by atoms with van der Waals surface area (Å²) < 4.78 is 36.6. The number of benzene rings is 2. The molecule has 2 unspecified atom stereocenters. The van der Waals surface area contributed by atoms with E-state index in [2.05, 4.69) is 16.7 Å². The van der Waals surface area contributed by atoms with Crippen molar-refractivity contribution < 1.29 is 23.1 Å². The number of esters is 1. The van der Waals surface area contributed by atoms with Gasteiger partial charge >= 0.3 is 5.97 Å². The Balaban J connectivity index is 1.82. The summed E-state index contributed by atoms with van der Waals surface area (Å²) in [5, 5.41) is 17.2. The average Bonchev–Trinajstić information content (AvgIpc) is 3.25. The molecule has 1 aliphatic heterocycles. The third kappa shape index (κ3) is 6.29. The van der Waals surface area contributed by atoms with Crippen LogP contribution >= 0.6 is 23.2 Å². The maximum absolute atomic E-state index is 15.8. The van der Waals surface area contributed by atoms with E-state index in [0.717, 1.165) is 25.3 Å². The second-order valence-electron chi connectivity index (χ2n) is 12.6. The van der Waals surface area contributed by atoms with Gasteiger partial charge in [-0.05, 0) is 54.4 Å². The second kappa shape index (κ2) is 12.9. The Morgan fingerprint density at radius 2 is 1.88 bits per heavy atom. The predicted octanol–water partition coefficient (Wildman–Crippen LogP) is 6.69. The van der Waals surface area contributed by atoms with E-state index in [1.54, 1.807) is 6.07 Å². The highest BCUT2D eigenvalue weighted by Gasteiger charge is 2.61. The van der Waals surface area contributed by atoms with Crippen LogP contribution in [0.3, 0.4) is 0 Å². The first-order valence-corrected chi connectivity index (χ1v) is 15.0. The quantitative estimate of drug-likeness (QED) is 0.337. The zero-order chi connectivity index (χ0) is 30.8. The number of rotatable bonds is 7. The second-order valence-corrected chi connectivity index (χ2v) is 13.5. The number of hydrogen-bond donors (Lipinski definition) is 2. The van der Waals surface area contributed by atoms with Gasteiger partial charge < -0.3 is 15.4 Å². The minimum atomic E-state index is -1.70. The van der Waals surface area contributed by atoms with Crippen LogP contribution in [0.25, 0.3) is 0 Å². The fourth-order valence-corrected chi connectivity index (χ4v) is 7.15. The molecule has 2 fully saturated rings. The minimum Gasteiger partial charge on any atom is -0.469 e. The third-order valence-electron chi connectivity index (χ3n) is 8.68. The lowest BCUT2D eigenvalue weighted by atomic mass is 9.62. The van der Waals surface area contributed by atoms with Gasteiger partial charge in [0.25, 0.3) is 0 Å². The van der Waals surface area contributed by atoms with Crippen LogP contribution in [0.5, 0.6) is 0 Å². The van der Waals surface area contributed by atoms with Crippen LogP contribution in [0.15, 0.2) is 36.4 Å². The van der Waals surface area contributed by atoms with Gasteiger partial charge in [-0.25, -0.2) is 8.78 Å². The molecule has 42 heavy (non-hydrogen) atoms. The van der Waals surface area contributed by atoms with Crippen molar-refractivity contribution >= 4 is 35.1 Å². The monoisotopic (exact) mass is 619 g/mol. The molecule has 0 bridgehead atoms. The lowest BCUT2D eigenvalue weighted by Gasteiger charge is -2.37. The van der Waals surface area contributed by atoms with Gasteiger partial charge in [0, 0.05) is 29.1 Å². The van der Waals surface area contributed by atoms with Crippen LogP contribution in [0, 0.1) is 40.2 Å². The Morgan fingerprint density at radius 1 is 1.17 bits per heavy atom. The lowest BCUT2D eigenvalue weighted by Crippen LogP contribution is -2.47. The van der Waals surface area contributed by atoms with Crippen molar-refractivity contribution in [3.63, 3.8) is 0 Å². The van der Waals surface area contributed by atoms with Crippen molar-refractivity contribution in [2.24, 2.45) is 17.3 Å². The van der Waals surface area contributed by atoms with E-state index in [9.17, 15) is 14.9 Å². The van der Waals surface area contributed by atoms with E-state index < -0.39 is 41.0 Å². The molecule has 2 aromatic carbocycles. The number of nitriles is 1. The topological polar surface area (TPSA) is 91.2 Å². The lowest BCUT2D eigenvalue weighted by molar-refractivity contribution is -0.148. The molecule has 226 valence electrons. The van der Waals surface area contributed by atoms with Crippen molar-refractivity contribution in [1.82, 2.24) is 10.6 Å². The zero-order valence-electron chi connectivity index (χ0n) is 24.3. The molecular weight excluding hydrogens is 583 g/mol. The van der Waals surface area contributed by atoms with Gasteiger partial charge in [0.2, 0.25) is 5.91 Å². The maximum Gasteiger partial charge on any atom is 0.309 e. The number of carbonyl (C=O) groups is 2. The summed E-state index contributed by atoms with van der Waals surface area (Å²) in [4.78, 5) is 26.4. The molecule has 4 rings (SSSR count). The average molecular weight is 621 g/mol. The molecule has 2 N–H and O–H groups in total. The number of nitrogens with zero attached hydrogens (tertiary/aromatic N) is 1. The molecule has 10 heteroatoms. The van der Waals surface area contributed by atoms with E-state index in [0.29, 0.717) is 12.8 Å². The van der Waals surface area contributed by atoms with E-state index in [1.807, 2.05) is 20.8 Å². The Labute approximate surface area is 256 Å². The molecule has 1 saturated heterocycles. The maximum atomic E-state index is 15.8. The van der Waals surface area contributed by atoms with E-state index in [1.165, 1.54) is 31.4 Å². The van der Waals surface area contributed by atoms with Gasteiger partial charge in [-0.2, -0.15) is 5.26 Å². The first-order valence-electron chi connectivity index (χ1n) is 14.3. The third-order valence-corrected chi connectivity index (χ3v) is 9.21. The van der Waals surface area contributed by atoms with Crippen molar-refractivity contribution in [2.75, 3.05) is 13.7 Å². The molecule has 1 amide bonds. The number of hydrogen-bond acceptors (Lipinski definition) is 5. The van der Waals surface area contributed by atoms with Gasteiger partial charge in [0.1, 0.15) is 17.0 Å². The minimum absolute atomic E-state index is 0.0221. The summed E-state index contributed by atoms with van der Waals surface area (Å²) in [7, 11) is 1.35. The fraction of sp³-hybridized carbons (Fsp3) is 0.531. The molecule has 0 spiro atoms. The fourth-order valence-electron chi connectivity index (χ4n) is 6.81. The van der Waals surface area contributed by atoms with Gasteiger partial charge in [-0.15, -0.1) is 0 Å². The Bertz CT molecular complexity index is 1380. The molecule has 1 heterocycles. The zero-order valence-corrected chi connectivity index (χ0v) is 25.8. The van der Waals surface area contributed by atoms with Crippen molar-refractivity contribution in [1.29, 1.82) is 5.26 Å². The van der Waals surface area contributed by atoms with Crippen LogP contribution in [-0.4, -0.2) is 37.6 Å². The smallest absolute Gasteiger partial charge is 0.309 e. The first-order chi connectivity index (χ1) is 19.8. The predicted molar refractivity (Wildman–Crippen MR) is 158 cm³/mol.